The van der Waals surface area contributed by atoms with Crippen LogP contribution >= 0.6 is 0 Å². The van der Waals surface area contributed by atoms with Gasteiger partial charge in [0, 0.05) is 19.6 Å². The van der Waals surface area contributed by atoms with Crippen molar-refractivity contribution in [2.75, 3.05) is 19.6 Å². The van der Waals surface area contributed by atoms with Crippen LogP contribution in [0.15, 0.2) is 0 Å². The van der Waals surface area contributed by atoms with Crippen LogP contribution in [0.1, 0.15) is 65.7 Å². The first-order chi connectivity index (χ1) is 10.3. The van der Waals surface area contributed by atoms with Crippen LogP contribution < -0.4 is 0 Å². The van der Waals surface area contributed by atoms with Crippen LogP contribution in [0.4, 0.5) is 0 Å². The Balaban J connectivity index is 1.53. The molecule has 1 saturated heterocycles. The second kappa shape index (κ2) is 5.81. The zero-order valence-electron chi connectivity index (χ0n) is 14.6. The van der Waals surface area contributed by atoms with E-state index in [0.717, 1.165) is 50.7 Å². The van der Waals surface area contributed by atoms with Gasteiger partial charge in [-0.25, -0.2) is 0 Å². The van der Waals surface area contributed by atoms with Crippen molar-refractivity contribution in [1.82, 2.24) is 4.90 Å². The highest BCUT2D eigenvalue weighted by molar-refractivity contribution is 5.76. The van der Waals surface area contributed by atoms with Gasteiger partial charge in [0.25, 0.3) is 0 Å². The molecule has 1 heterocycles. The quantitative estimate of drug-likeness (QED) is 0.856. The molecule has 0 aromatic heterocycles. The van der Waals surface area contributed by atoms with Crippen molar-refractivity contribution in [3.63, 3.8) is 0 Å². The van der Waals surface area contributed by atoms with Crippen molar-refractivity contribution in [1.29, 1.82) is 0 Å². The fourth-order valence-corrected chi connectivity index (χ4v) is 5.46. The minimum absolute atomic E-state index is 0.400. The van der Waals surface area contributed by atoms with Crippen molar-refractivity contribution in [2.45, 2.75) is 65.7 Å². The minimum Gasteiger partial charge on any atom is -0.481 e. The van der Waals surface area contributed by atoms with Crippen LogP contribution in [0.25, 0.3) is 0 Å². The Morgan fingerprint density at radius 2 is 1.86 bits per heavy atom. The zero-order valence-corrected chi connectivity index (χ0v) is 14.6. The Labute approximate surface area is 135 Å². The van der Waals surface area contributed by atoms with Crippen LogP contribution in [-0.4, -0.2) is 35.6 Å². The van der Waals surface area contributed by atoms with E-state index in [4.69, 9.17) is 0 Å². The van der Waals surface area contributed by atoms with Gasteiger partial charge in [-0.2, -0.15) is 0 Å². The number of hydrogen-bond acceptors (Lipinski definition) is 2. The van der Waals surface area contributed by atoms with Crippen molar-refractivity contribution < 1.29 is 9.90 Å². The minimum atomic E-state index is -0.533. The first-order valence-electron chi connectivity index (χ1n) is 9.27. The molecule has 2 atom stereocenters. The predicted molar refractivity (Wildman–Crippen MR) is 88.8 cm³/mol. The Hall–Kier alpha value is -0.570. The standard InChI is InChI=1S/C19H33NO2/c1-18(2,3)15-8-6-14(7-9-15)11-20-12-16-5-4-10-19(16,13-20)17(21)22/h14-16H,4-13H2,1-3H3,(H,21,22)/t14?,15?,16-,19+/m0/s1. The topological polar surface area (TPSA) is 40.5 Å². The number of rotatable bonds is 3. The van der Waals surface area contributed by atoms with Crippen LogP contribution in [0.2, 0.25) is 0 Å². The lowest BCUT2D eigenvalue weighted by molar-refractivity contribution is -0.149. The molecule has 1 N–H and O–H groups in total. The number of carbonyl (C=O) groups is 1. The van der Waals surface area contributed by atoms with Gasteiger partial charge in [-0.15, -0.1) is 0 Å². The van der Waals surface area contributed by atoms with Crippen LogP contribution in [-0.2, 0) is 4.79 Å². The molecule has 0 bridgehead atoms. The van der Waals surface area contributed by atoms with E-state index in [0.29, 0.717) is 11.3 Å². The molecule has 2 aliphatic carbocycles. The van der Waals surface area contributed by atoms with Crippen LogP contribution in [0.3, 0.4) is 0 Å². The molecule has 0 spiro atoms. The summed E-state index contributed by atoms with van der Waals surface area (Å²) < 4.78 is 0. The molecule has 0 aromatic carbocycles. The highest BCUT2D eigenvalue weighted by Gasteiger charge is 2.54. The number of nitrogens with zero attached hydrogens (tertiary/aromatic N) is 1. The van der Waals surface area contributed by atoms with Gasteiger partial charge in [0.1, 0.15) is 0 Å². The molecule has 2 saturated carbocycles. The molecular formula is C19H33NO2. The SMILES string of the molecule is CC(C)(C)C1CCC(CN2C[C@@H]3CCC[C@@]3(C(=O)O)C2)CC1. The second-order valence-corrected chi connectivity index (χ2v) is 9.33. The molecule has 126 valence electrons. The maximum atomic E-state index is 11.8. The summed E-state index contributed by atoms with van der Waals surface area (Å²) in [6, 6.07) is 0. The van der Waals surface area contributed by atoms with Gasteiger partial charge in [0.2, 0.25) is 0 Å². The zero-order chi connectivity index (χ0) is 16.0. The molecule has 1 aliphatic heterocycles. The van der Waals surface area contributed by atoms with E-state index in [1.807, 2.05) is 0 Å². The number of aliphatic carboxylic acids is 1. The summed E-state index contributed by atoms with van der Waals surface area (Å²) in [4.78, 5) is 14.3. The number of fused-ring (bicyclic) bond motifs is 1. The smallest absolute Gasteiger partial charge is 0.311 e. The monoisotopic (exact) mass is 307 g/mol. The summed E-state index contributed by atoms with van der Waals surface area (Å²) in [5, 5.41) is 9.70. The number of likely N-dealkylation sites (tertiary alicyclic amines) is 1. The van der Waals surface area contributed by atoms with E-state index in [2.05, 4.69) is 25.7 Å². The number of carboxylic acids is 1. The molecular weight excluding hydrogens is 274 g/mol. The summed E-state index contributed by atoms with van der Waals surface area (Å²) in [6.45, 7) is 10.1. The number of hydrogen-bond donors (Lipinski definition) is 1. The van der Waals surface area contributed by atoms with Crippen LogP contribution in [0.5, 0.6) is 0 Å². The Morgan fingerprint density at radius 3 is 2.41 bits per heavy atom. The molecule has 0 amide bonds. The normalized spacial score (nSPS) is 39.9. The molecule has 22 heavy (non-hydrogen) atoms. The van der Waals surface area contributed by atoms with Crippen molar-refractivity contribution in [2.24, 2.45) is 28.6 Å². The average molecular weight is 307 g/mol. The molecule has 3 heteroatoms. The van der Waals surface area contributed by atoms with Crippen LogP contribution in [0, 0.1) is 28.6 Å². The molecule has 0 radical (unpaired) electrons. The summed E-state index contributed by atoms with van der Waals surface area (Å²) in [5.74, 6) is 1.54. The number of carboxylic acid groups (broad SMARTS) is 1. The highest BCUT2D eigenvalue weighted by atomic mass is 16.4. The third-order valence-corrected chi connectivity index (χ3v) is 6.96. The lowest BCUT2D eigenvalue weighted by atomic mass is 9.70. The predicted octanol–water partition coefficient (Wildman–Crippen LogP) is 4.03. The van der Waals surface area contributed by atoms with Gasteiger partial charge in [-0.05, 0) is 61.7 Å². The van der Waals surface area contributed by atoms with E-state index >= 15 is 0 Å². The van der Waals surface area contributed by atoms with Gasteiger partial charge in [-0.1, -0.05) is 27.2 Å². The second-order valence-electron chi connectivity index (χ2n) is 9.33. The highest BCUT2D eigenvalue weighted by Crippen LogP contribution is 2.49. The summed E-state index contributed by atoms with van der Waals surface area (Å²) >= 11 is 0. The van der Waals surface area contributed by atoms with Gasteiger partial charge in [-0.3, -0.25) is 4.79 Å². The maximum Gasteiger partial charge on any atom is 0.311 e. The molecule has 3 aliphatic rings. The van der Waals surface area contributed by atoms with Gasteiger partial charge < -0.3 is 10.0 Å². The Kier molecular flexibility index (Phi) is 4.30. The summed E-state index contributed by atoms with van der Waals surface area (Å²) in [7, 11) is 0. The first kappa shape index (κ1) is 16.3. The van der Waals surface area contributed by atoms with E-state index in [-0.39, 0.29) is 0 Å². The summed E-state index contributed by atoms with van der Waals surface area (Å²) in [6.07, 6.45) is 8.53. The van der Waals surface area contributed by atoms with Crippen molar-refractivity contribution in [3.8, 4) is 0 Å². The first-order valence-corrected chi connectivity index (χ1v) is 9.27. The largest absolute Gasteiger partial charge is 0.481 e. The third-order valence-electron chi connectivity index (χ3n) is 6.96. The van der Waals surface area contributed by atoms with Gasteiger partial charge in [0.15, 0.2) is 0 Å². The van der Waals surface area contributed by atoms with E-state index < -0.39 is 11.4 Å². The van der Waals surface area contributed by atoms with Gasteiger partial charge >= 0.3 is 5.97 Å². The Bertz CT molecular complexity index is 420. The molecule has 0 aromatic rings. The van der Waals surface area contributed by atoms with E-state index in [1.165, 1.54) is 25.7 Å². The Morgan fingerprint density at radius 1 is 1.18 bits per heavy atom. The molecule has 3 nitrogen and oxygen atoms in total. The van der Waals surface area contributed by atoms with E-state index in [1.54, 1.807) is 0 Å². The lowest BCUT2D eigenvalue weighted by Crippen LogP contribution is -2.37. The third kappa shape index (κ3) is 2.93. The maximum absolute atomic E-state index is 11.8. The van der Waals surface area contributed by atoms with Crippen molar-refractivity contribution >= 4 is 5.97 Å². The van der Waals surface area contributed by atoms with E-state index in [9.17, 15) is 9.90 Å². The van der Waals surface area contributed by atoms with Crippen molar-refractivity contribution in [3.05, 3.63) is 0 Å². The summed E-state index contributed by atoms with van der Waals surface area (Å²) in [5.41, 5.74) is 0.0472. The fourth-order valence-electron chi connectivity index (χ4n) is 5.46. The average Bonchev–Trinajstić information content (AvgIpc) is 2.95. The fraction of sp³-hybridized carbons (Fsp3) is 0.947. The molecule has 0 unspecified atom stereocenters. The molecule has 3 rings (SSSR count). The molecule has 3 fully saturated rings. The lowest BCUT2D eigenvalue weighted by Gasteiger charge is -2.38. The van der Waals surface area contributed by atoms with Gasteiger partial charge in [0.05, 0.1) is 5.41 Å².